The Hall–Kier alpha value is -3.06. The molecule has 0 aromatic heterocycles. The van der Waals surface area contributed by atoms with Crippen LogP contribution in [0.2, 0.25) is 0 Å². The van der Waals surface area contributed by atoms with Crippen LogP contribution in [0.3, 0.4) is 0 Å². The van der Waals surface area contributed by atoms with E-state index >= 15 is 0 Å². The zero-order chi connectivity index (χ0) is 23.1. The molecule has 7 heteroatoms. The van der Waals surface area contributed by atoms with Gasteiger partial charge in [-0.05, 0) is 87.0 Å². The van der Waals surface area contributed by atoms with Gasteiger partial charge in [0.15, 0.2) is 16.7 Å². The van der Waals surface area contributed by atoms with E-state index in [4.69, 9.17) is 9.47 Å². The monoisotopic (exact) mass is 454 g/mol. The highest BCUT2D eigenvalue weighted by molar-refractivity contribution is 8.18. The number of hydrogen-bond donors (Lipinski definition) is 0. The Kier molecular flexibility index (Phi) is 8.11. The molecule has 1 heterocycles. The van der Waals surface area contributed by atoms with E-state index in [0.717, 1.165) is 11.1 Å². The van der Waals surface area contributed by atoms with E-state index in [0.29, 0.717) is 53.4 Å². The van der Waals surface area contributed by atoms with Gasteiger partial charge in [-0.2, -0.15) is 0 Å². The molecule has 0 spiro atoms. The molecule has 1 aliphatic rings. The van der Waals surface area contributed by atoms with Crippen molar-refractivity contribution in [1.29, 1.82) is 0 Å². The van der Waals surface area contributed by atoms with Crippen LogP contribution in [0, 0.1) is 5.82 Å². The third-order valence-corrected chi connectivity index (χ3v) is 5.67. The largest absolute Gasteiger partial charge is 0.490 e. The van der Waals surface area contributed by atoms with Gasteiger partial charge < -0.3 is 9.47 Å². The van der Waals surface area contributed by atoms with Gasteiger partial charge in [0.1, 0.15) is 5.82 Å². The molecule has 2 aromatic carbocycles. The standard InChI is InChI=1S/C25H27FN2O3S/c1-5-9-18-14-17(15-21(30-7-3)23(18)31-8-4)16-22-24(29)28(6-2)25(32-22)27-20-12-10-19(26)11-13-20/h5,10-16H,1,6-9H2,2-4H3/b22-16+,27-25?. The van der Waals surface area contributed by atoms with Gasteiger partial charge in [0, 0.05) is 12.1 Å². The minimum atomic E-state index is -0.326. The minimum absolute atomic E-state index is 0.115. The molecule has 0 bridgehead atoms. The summed E-state index contributed by atoms with van der Waals surface area (Å²) in [7, 11) is 0. The summed E-state index contributed by atoms with van der Waals surface area (Å²) in [6.45, 7) is 11.1. The summed E-state index contributed by atoms with van der Waals surface area (Å²) < 4.78 is 24.9. The third-order valence-electron chi connectivity index (χ3n) is 4.66. The average molecular weight is 455 g/mol. The van der Waals surface area contributed by atoms with E-state index in [2.05, 4.69) is 11.6 Å². The van der Waals surface area contributed by atoms with E-state index in [1.54, 1.807) is 17.0 Å². The summed E-state index contributed by atoms with van der Waals surface area (Å²) in [5.41, 5.74) is 2.38. The Morgan fingerprint density at radius 3 is 2.47 bits per heavy atom. The number of ether oxygens (including phenoxy) is 2. The van der Waals surface area contributed by atoms with E-state index in [1.807, 2.05) is 45.1 Å². The molecule has 1 amide bonds. The lowest BCUT2D eigenvalue weighted by molar-refractivity contribution is -0.122. The summed E-state index contributed by atoms with van der Waals surface area (Å²) in [5, 5.41) is 0.567. The number of likely N-dealkylation sites (N-methyl/N-ethyl adjacent to an activating group) is 1. The SMILES string of the molecule is C=CCc1cc(/C=C2/SC(=Nc3ccc(F)cc3)N(CC)C2=O)cc(OCC)c1OCC. The molecular weight excluding hydrogens is 427 g/mol. The van der Waals surface area contributed by atoms with Gasteiger partial charge in [-0.15, -0.1) is 6.58 Å². The third kappa shape index (κ3) is 5.40. The number of carbonyl (C=O) groups excluding carboxylic acids is 1. The summed E-state index contributed by atoms with van der Waals surface area (Å²) >= 11 is 1.30. The van der Waals surface area contributed by atoms with Crippen molar-refractivity contribution in [3.8, 4) is 11.5 Å². The number of thioether (sulfide) groups is 1. The van der Waals surface area contributed by atoms with Crippen molar-refractivity contribution in [3.05, 3.63) is 70.9 Å². The van der Waals surface area contributed by atoms with Crippen LogP contribution in [-0.2, 0) is 11.2 Å². The molecule has 32 heavy (non-hydrogen) atoms. The maximum Gasteiger partial charge on any atom is 0.266 e. The highest BCUT2D eigenvalue weighted by Crippen LogP contribution is 2.38. The van der Waals surface area contributed by atoms with Crippen molar-refractivity contribution in [2.75, 3.05) is 19.8 Å². The van der Waals surface area contributed by atoms with Crippen LogP contribution in [-0.4, -0.2) is 35.7 Å². The summed E-state index contributed by atoms with van der Waals surface area (Å²) in [6, 6.07) is 9.75. The molecule has 0 radical (unpaired) electrons. The topological polar surface area (TPSA) is 51.1 Å². The molecule has 3 rings (SSSR count). The maximum atomic E-state index is 13.2. The quantitative estimate of drug-likeness (QED) is 0.346. The molecule has 0 N–H and O–H groups in total. The van der Waals surface area contributed by atoms with Gasteiger partial charge in [0.05, 0.1) is 23.8 Å². The van der Waals surface area contributed by atoms with Crippen molar-refractivity contribution < 1.29 is 18.7 Å². The Morgan fingerprint density at radius 2 is 1.84 bits per heavy atom. The molecule has 168 valence electrons. The number of nitrogens with zero attached hydrogens (tertiary/aromatic N) is 2. The number of amides is 1. The smallest absolute Gasteiger partial charge is 0.266 e. The predicted octanol–water partition coefficient (Wildman–Crippen LogP) is 5.98. The highest BCUT2D eigenvalue weighted by atomic mass is 32.2. The number of benzene rings is 2. The second-order valence-corrected chi connectivity index (χ2v) is 7.91. The second-order valence-electron chi connectivity index (χ2n) is 6.90. The van der Waals surface area contributed by atoms with E-state index in [-0.39, 0.29) is 11.7 Å². The second kappa shape index (κ2) is 11.0. The normalized spacial score (nSPS) is 16.1. The number of aliphatic imine (C=N–C) groups is 1. The minimum Gasteiger partial charge on any atom is -0.490 e. The van der Waals surface area contributed by atoms with Crippen LogP contribution < -0.4 is 9.47 Å². The summed E-state index contributed by atoms with van der Waals surface area (Å²) in [5.74, 6) is 0.905. The lowest BCUT2D eigenvalue weighted by Gasteiger charge is -2.16. The molecule has 0 saturated carbocycles. The number of hydrogen-bond acceptors (Lipinski definition) is 5. The first-order valence-electron chi connectivity index (χ1n) is 10.6. The van der Waals surface area contributed by atoms with Crippen molar-refractivity contribution in [2.24, 2.45) is 4.99 Å². The highest BCUT2D eigenvalue weighted by Gasteiger charge is 2.32. The Balaban J connectivity index is 2.00. The maximum absolute atomic E-state index is 13.2. The molecule has 0 unspecified atom stereocenters. The lowest BCUT2D eigenvalue weighted by Crippen LogP contribution is -2.28. The van der Waals surface area contributed by atoms with Gasteiger partial charge in [-0.1, -0.05) is 6.08 Å². The van der Waals surface area contributed by atoms with Crippen LogP contribution in [0.15, 0.2) is 59.0 Å². The lowest BCUT2D eigenvalue weighted by atomic mass is 10.0. The fourth-order valence-corrected chi connectivity index (χ4v) is 4.36. The molecule has 1 saturated heterocycles. The van der Waals surface area contributed by atoms with Gasteiger partial charge in [-0.25, -0.2) is 9.38 Å². The van der Waals surface area contributed by atoms with Crippen molar-refractivity contribution in [3.63, 3.8) is 0 Å². The molecule has 5 nitrogen and oxygen atoms in total. The Labute approximate surface area is 192 Å². The number of rotatable bonds is 9. The Bertz CT molecular complexity index is 1050. The molecule has 1 fully saturated rings. The van der Waals surface area contributed by atoms with Crippen LogP contribution in [0.4, 0.5) is 10.1 Å². The van der Waals surface area contributed by atoms with Gasteiger partial charge in [-0.3, -0.25) is 9.69 Å². The zero-order valence-corrected chi connectivity index (χ0v) is 19.4. The first-order valence-corrected chi connectivity index (χ1v) is 11.4. The van der Waals surface area contributed by atoms with Gasteiger partial charge in [0.25, 0.3) is 5.91 Å². The zero-order valence-electron chi connectivity index (χ0n) is 18.6. The molecule has 0 atom stereocenters. The average Bonchev–Trinajstić information content (AvgIpc) is 3.06. The van der Waals surface area contributed by atoms with Crippen molar-refractivity contribution >= 4 is 34.6 Å². The summed E-state index contributed by atoms with van der Waals surface area (Å²) in [4.78, 5) is 19.7. The first kappa shape index (κ1) is 23.6. The fourth-order valence-electron chi connectivity index (χ4n) is 3.29. The first-order chi connectivity index (χ1) is 15.5. The van der Waals surface area contributed by atoms with Crippen LogP contribution in [0.25, 0.3) is 6.08 Å². The number of carbonyl (C=O) groups is 1. The fraction of sp³-hybridized carbons (Fsp3) is 0.280. The number of allylic oxidation sites excluding steroid dienone is 1. The van der Waals surface area contributed by atoms with E-state index in [1.165, 1.54) is 23.9 Å². The van der Waals surface area contributed by atoms with Crippen LogP contribution in [0.5, 0.6) is 11.5 Å². The van der Waals surface area contributed by atoms with Gasteiger partial charge in [0.2, 0.25) is 0 Å². The Morgan fingerprint density at radius 1 is 1.12 bits per heavy atom. The van der Waals surface area contributed by atoms with E-state index < -0.39 is 0 Å². The van der Waals surface area contributed by atoms with Crippen LogP contribution >= 0.6 is 11.8 Å². The van der Waals surface area contributed by atoms with Crippen molar-refractivity contribution in [2.45, 2.75) is 27.2 Å². The number of amidine groups is 1. The van der Waals surface area contributed by atoms with Gasteiger partial charge >= 0.3 is 0 Å². The predicted molar refractivity (Wildman–Crippen MR) is 129 cm³/mol. The van der Waals surface area contributed by atoms with E-state index in [9.17, 15) is 9.18 Å². The molecule has 1 aliphatic heterocycles. The number of halogens is 1. The summed E-state index contributed by atoms with van der Waals surface area (Å²) in [6.07, 6.45) is 4.27. The molecule has 0 aliphatic carbocycles. The molecular formula is C25H27FN2O3S. The van der Waals surface area contributed by atoms with Crippen LogP contribution in [0.1, 0.15) is 31.9 Å². The van der Waals surface area contributed by atoms with Crippen molar-refractivity contribution in [1.82, 2.24) is 4.90 Å². The molecule has 2 aromatic rings.